The van der Waals surface area contributed by atoms with Gasteiger partial charge in [-0.15, -0.1) is 0 Å². The van der Waals surface area contributed by atoms with E-state index in [9.17, 15) is 15.8 Å². The quantitative estimate of drug-likeness (QED) is 0.181. The molecule has 5 heteroatoms. The Hall–Kier alpha value is -6.09. The summed E-state index contributed by atoms with van der Waals surface area (Å²) >= 11 is 0. The number of aromatic nitrogens is 1. The molecule has 216 valence electrons. The van der Waals surface area contributed by atoms with Gasteiger partial charge in [0.05, 0.1) is 40.4 Å². The Labute approximate surface area is 272 Å². The van der Waals surface area contributed by atoms with Crippen LogP contribution in [0.1, 0.15) is 52.1 Å². The smallest absolute Gasteiger partial charge is 0.222 e. The molecule has 0 fully saturated rings. The molecule has 1 aromatic heterocycles. The van der Waals surface area contributed by atoms with Crippen LogP contribution in [0.15, 0.2) is 109 Å². The van der Waals surface area contributed by atoms with Crippen molar-refractivity contribution >= 4 is 50.7 Å². The second kappa shape index (κ2) is 9.46. The Morgan fingerprint density at radius 3 is 2.26 bits per heavy atom. The van der Waals surface area contributed by atoms with Crippen LogP contribution in [0.2, 0.25) is 5.82 Å². The molecular formula is C42H25BN4. The molecule has 0 radical (unpaired) electrons. The third kappa shape index (κ3) is 3.35. The summed E-state index contributed by atoms with van der Waals surface area (Å²) in [5.41, 5.74) is 14.6. The molecular weight excluding hydrogens is 571 g/mol. The Kier molecular flexibility index (Phi) is 5.27. The SMILES string of the molecule is N#Cc1cc(C#N)c(C2=CC3CCC4c5ccccc5-c5cccc(c54)B4c5cccc6c7ccccc7n(c56)C(=C2)C43)c(C#N)c1. The van der Waals surface area contributed by atoms with E-state index < -0.39 is 0 Å². The lowest BCUT2D eigenvalue weighted by Gasteiger charge is -2.43. The number of hydrogen-bond donors (Lipinski definition) is 0. The van der Waals surface area contributed by atoms with Crippen molar-refractivity contribution < 1.29 is 0 Å². The third-order valence-corrected chi connectivity index (χ3v) is 11.2. The maximum absolute atomic E-state index is 10.3. The highest BCUT2D eigenvalue weighted by Crippen LogP contribution is 2.54. The van der Waals surface area contributed by atoms with Crippen molar-refractivity contribution in [1.29, 1.82) is 15.8 Å². The van der Waals surface area contributed by atoms with Crippen LogP contribution in [-0.2, 0) is 0 Å². The molecule has 0 spiro atoms. The van der Waals surface area contributed by atoms with Gasteiger partial charge in [-0.05, 0) is 82.1 Å². The molecule has 3 atom stereocenters. The van der Waals surface area contributed by atoms with Crippen LogP contribution in [-0.4, -0.2) is 11.3 Å². The maximum atomic E-state index is 10.3. The van der Waals surface area contributed by atoms with Gasteiger partial charge in [0.2, 0.25) is 6.71 Å². The molecule has 4 aliphatic rings. The van der Waals surface area contributed by atoms with Gasteiger partial charge in [-0.25, -0.2) is 0 Å². The lowest BCUT2D eigenvalue weighted by atomic mass is 9.28. The van der Waals surface area contributed by atoms with E-state index in [1.54, 1.807) is 12.1 Å². The average molecular weight is 597 g/mol. The van der Waals surface area contributed by atoms with E-state index in [0.29, 0.717) is 28.2 Å². The van der Waals surface area contributed by atoms with Crippen LogP contribution >= 0.6 is 0 Å². The van der Waals surface area contributed by atoms with Crippen molar-refractivity contribution in [1.82, 2.24) is 4.57 Å². The first kappa shape index (κ1) is 26.2. The molecule has 5 aromatic carbocycles. The summed E-state index contributed by atoms with van der Waals surface area (Å²) in [6, 6.07) is 41.3. The highest BCUT2D eigenvalue weighted by atomic mass is 15.0. The topological polar surface area (TPSA) is 76.3 Å². The van der Waals surface area contributed by atoms with E-state index in [4.69, 9.17) is 0 Å². The number of rotatable bonds is 1. The van der Waals surface area contributed by atoms with Crippen molar-refractivity contribution in [2.24, 2.45) is 5.92 Å². The average Bonchev–Trinajstić information content (AvgIpc) is 3.63. The molecule has 2 aliphatic carbocycles. The lowest BCUT2D eigenvalue weighted by Crippen LogP contribution is -2.54. The molecule has 10 rings (SSSR count). The fraction of sp³-hybridized carbons (Fsp3) is 0.119. The zero-order chi connectivity index (χ0) is 31.4. The molecule has 0 saturated heterocycles. The Morgan fingerprint density at radius 1 is 0.702 bits per heavy atom. The maximum Gasteiger partial charge on any atom is 0.222 e. The summed E-state index contributed by atoms with van der Waals surface area (Å²) in [6.07, 6.45) is 6.57. The zero-order valence-electron chi connectivity index (χ0n) is 25.4. The molecule has 0 N–H and O–H groups in total. The summed E-state index contributed by atoms with van der Waals surface area (Å²) < 4.78 is 2.47. The number of nitrogens with zero attached hydrogens (tertiary/aromatic N) is 4. The molecule has 6 aromatic rings. The van der Waals surface area contributed by atoms with Crippen molar-refractivity contribution in [3.8, 4) is 29.3 Å². The highest BCUT2D eigenvalue weighted by Gasteiger charge is 2.48. The Morgan fingerprint density at radius 2 is 1.43 bits per heavy atom. The van der Waals surface area contributed by atoms with E-state index in [-0.39, 0.29) is 18.4 Å². The van der Waals surface area contributed by atoms with Gasteiger partial charge in [-0.1, -0.05) is 90.4 Å². The number of allylic oxidation sites excluding steroid dienone is 4. The van der Waals surface area contributed by atoms with Gasteiger partial charge in [0.25, 0.3) is 0 Å². The molecule has 0 saturated carbocycles. The number of para-hydroxylation sites is 2. The molecule has 2 aliphatic heterocycles. The third-order valence-electron chi connectivity index (χ3n) is 11.2. The van der Waals surface area contributed by atoms with Crippen molar-refractivity contribution in [2.45, 2.75) is 24.6 Å². The van der Waals surface area contributed by atoms with Gasteiger partial charge in [-0.2, -0.15) is 15.8 Å². The van der Waals surface area contributed by atoms with E-state index in [0.717, 1.165) is 18.4 Å². The van der Waals surface area contributed by atoms with Crippen LogP contribution in [0.3, 0.4) is 0 Å². The lowest BCUT2D eigenvalue weighted by molar-refractivity contribution is 0.533. The first-order valence-electron chi connectivity index (χ1n) is 16.3. The molecule has 3 unspecified atom stereocenters. The molecule has 0 amide bonds. The van der Waals surface area contributed by atoms with Gasteiger partial charge >= 0.3 is 0 Å². The first-order valence-corrected chi connectivity index (χ1v) is 16.3. The van der Waals surface area contributed by atoms with Crippen molar-refractivity contribution in [3.05, 3.63) is 143 Å². The fourth-order valence-electron chi connectivity index (χ4n) is 9.56. The van der Waals surface area contributed by atoms with E-state index in [2.05, 4.69) is 120 Å². The van der Waals surface area contributed by atoms with Gasteiger partial charge in [0, 0.05) is 33.5 Å². The van der Waals surface area contributed by atoms with Gasteiger partial charge in [-0.3, -0.25) is 0 Å². The fourth-order valence-corrected chi connectivity index (χ4v) is 9.56. The van der Waals surface area contributed by atoms with Crippen molar-refractivity contribution in [2.75, 3.05) is 0 Å². The molecule has 0 bridgehead atoms. The monoisotopic (exact) mass is 596 g/mol. The number of fused-ring (bicyclic) bond motifs is 9. The second-order valence-electron chi connectivity index (χ2n) is 13.3. The summed E-state index contributed by atoms with van der Waals surface area (Å²) in [7, 11) is 0. The van der Waals surface area contributed by atoms with Crippen LogP contribution < -0.4 is 10.9 Å². The summed E-state index contributed by atoms with van der Waals surface area (Å²) in [5, 5.41) is 32.7. The Balaban J connectivity index is 1.33. The predicted molar refractivity (Wildman–Crippen MR) is 187 cm³/mol. The minimum absolute atomic E-state index is 0.142. The minimum atomic E-state index is 0.142. The summed E-state index contributed by atoms with van der Waals surface area (Å²) in [6.45, 7) is 0.142. The number of hydrogen-bond acceptors (Lipinski definition) is 3. The van der Waals surface area contributed by atoms with Gasteiger partial charge < -0.3 is 4.57 Å². The molecule has 3 heterocycles. The molecule has 4 nitrogen and oxygen atoms in total. The first-order chi connectivity index (χ1) is 23.2. The summed E-state index contributed by atoms with van der Waals surface area (Å²) in [4.78, 5) is 0. The zero-order valence-corrected chi connectivity index (χ0v) is 25.4. The standard InChI is InChI=1S/C42H25BN4/c44-21-24-17-27(22-45)39(28(18-24)23-46)26-19-25-15-16-33-30-8-2-1-7-29(30)32-10-5-12-35(40(32)33)43-36-13-6-11-34-31-9-3-4-14-37(31)47(42(34)36)38(20-26)41(25)43/h1-14,17-20,25,33,41H,15-16H2. The number of benzene rings is 5. The Bertz CT molecular complexity index is 2560. The normalized spacial score (nSPS) is 19.7. The predicted octanol–water partition coefficient (Wildman–Crippen LogP) is 7.86. The minimum Gasteiger partial charge on any atom is -0.314 e. The van der Waals surface area contributed by atoms with Crippen LogP contribution in [0.4, 0.5) is 0 Å². The van der Waals surface area contributed by atoms with Gasteiger partial charge in [0.15, 0.2) is 0 Å². The van der Waals surface area contributed by atoms with E-state index in [1.807, 2.05) is 0 Å². The highest BCUT2D eigenvalue weighted by molar-refractivity contribution is 6.90. The summed E-state index contributed by atoms with van der Waals surface area (Å²) in [5.74, 6) is 0.645. The van der Waals surface area contributed by atoms with Crippen LogP contribution in [0, 0.1) is 39.9 Å². The van der Waals surface area contributed by atoms with E-state index in [1.165, 1.54) is 60.7 Å². The second-order valence-corrected chi connectivity index (χ2v) is 13.3. The van der Waals surface area contributed by atoms with E-state index >= 15 is 0 Å². The largest absolute Gasteiger partial charge is 0.314 e. The van der Waals surface area contributed by atoms with Crippen LogP contribution in [0.5, 0.6) is 0 Å². The number of nitriles is 3. The van der Waals surface area contributed by atoms with Crippen molar-refractivity contribution in [3.63, 3.8) is 0 Å². The van der Waals surface area contributed by atoms with Gasteiger partial charge in [0.1, 0.15) is 0 Å². The van der Waals surface area contributed by atoms with Crippen LogP contribution in [0.25, 0.3) is 44.2 Å². The molecule has 47 heavy (non-hydrogen) atoms.